The van der Waals surface area contributed by atoms with Crippen molar-refractivity contribution in [3.8, 4) is 0 Å². The number of halogens is 1. The standard InChI is InChI=1S/C17H21ClN2O3S/c1-12-3-5-15(18)9-16(12)20-8-7-14(11-20)10-19-24(21,22)17-6-4-13(2)23-17/h3-6,9,14,19H,7-8,10-11H2,1-2H3. The second kappa shape index (κ2) is 6.78. The fourth-order valence-electron chi connectivity index (χ4n) is 3.00. The smallest absolute Gasteiger partial charge is 0.273 e. The van der Waals surface area contributed by atoms with Gasteiger partial charge in [0.2, 0.25) is 5.09 Å². The van der Waals surface area contributed by atoms with Gasteiger partial charge in [-0.25, -0.2) is 13.1 Å². The summed E-state index contributed by atoms with van der Waals surface area (Å²) in [7, 11) is -3.58. The summed E-state index contributed by atoms with van der Waals surface area (Å²) in [5, 5.41) is 0.688. The van der Waals surface area contributed by atoms with Crippen molar-refractivity contribution in [1.29, 1.82) is 0 Å². The molecule has 0 bridgehead atoms. The molecule has 1 fully saturated rings. The van der Waals surface area contributed by atoms with Crippen LogP contribution in [-0.2, 0) is 10.0 Å². The lowest BCUT2D eigenvalue weighted by Gasteiger charge is -2.21. The Kier molecular flexibility index (Phi) is 4.90. The highest BCUT2D eigenvalue weighted by atomic mass is 35.5. The first-order valence-electron chi connectivity index (χ1n) is 7.92. The SMILES string of the molecule is Cc1ccc(S(=O)(=O)NCC2CCN(c3cc(Cl)ccc3C)C2)o1. The van der Waals surface area contributed by atoms with Gasteiger partial charge in [0.15, 0.2) is 0 Å². The van der Waals surface area contributed by atoms with Crippen LogP contribution in [-0.4, -0.2) is 28.1 Å². The van der Waals surface area contributed by atoms with E-state index in [4.69, 9.17) is 16.0 Å². The molecule has 24 heavy (non-hydrogen) atoms. The molecule has 0 spiro atoms. The number of anilines is 1. The fraction of sp³-hybridized carbons (Fsp3) is 0.412. The van der Waals surface area contributed by atoms with Gasteiger partial charge < -0.3 is 9.32 Å². The van der Waals surface area contributed by atoms with E-state index in [9.17, 15) is 8.42 Å². The van der Waals surface area contributed by atoms with Crippen LogP contribution in [0, 0.1) is 19.8 Å². The van der Waals surface area contributed by atoms with Crippen LogP contribution in [0.25, 0.3) is 0 Å². The highest BCUT2D eigenvalue weighted by Crippen LogP contribution is 2.29. The topological polar surface area (TPSA) is 62.6 Å². The summed E-state index contributed by atoms with van der Waals surface area (Å²) < 4.78 is 32.3. The second-order valence-corrected chi connectivity index (χ2v) is 8.38. The number of sulfonamides is 1. The van der Waals surface area contributed by atoms with E-state index >= 15 is 0 Å². The zero-order valence-electron chi connectivity index (χ0n) is 13.8. The van der Waals surface area contributed by atoms with E-state index in [1.165, 1.54) is 11.6 Å². The molecule has 0 amide bonds. The molecule has 0 saturated carbocycles. The molecule has 130 valence electrons. The zero-order valence-corrected chi connectivity index (χ0v) is 15.3. The Morgan fingerprint density at radius 1 is 1.29 bits per heavy atom. The van der Waals surface area contributed by atoms with E-state index in [1.807, 2.05) is 18.2 Å². The van der Waals surface area contributed by atoms with E-state index in [0.717, 1.165) is 25.2 Å². The average molecular weight is 369 g/mol. The van der Waals surface area contributed by atoms with Crippen LogP contribution in [0.3, 0.4) is 0 Å². The third-order valence-electron chi connectivity index (χ3n) is 4.34. The zero-order chi connectivity index (χ0) is 17.3. The summed E-state index contributed by atoms with van der Waals surface area (Å²) in [6.07, 6.45) is 0.936. The molecule has 2 heterocycles. The fourth-order valence-corrected chi connectivity index (χ4v) is 4.25. The van der Waals surface area contributed by atoms with Crippen molar-refractivity contribution in [2.24, 2.45) is 5.92 Å². The number of furan rings is 1. The molecule has 1 aliphatic rings. The summed E-state index contributed by atoms with van der Waals surface area (Å²) in [6.45, 7) is 5.88. The number of hydrogen-bond donors (Lipinski definition) is 1. The molecule has 1 atom stereocenters. The van der Waals surface area contributed by atoms with Gasteiger partial charge in [-0.3, -0.25) is 0 Å². The Hall–Kier alpha value is -1.50. The van der Waals surface area contributed by atoms with E-state index in [2.05, 4.69) is 16.5 Å². The molecule has 2 aromatic rings. The lowest BCUT2D eigenvalue weighted by Crippen LogP contribution is -2.31. The summed E-state index contributed by atoms with van der Waals surface area (Å²) in [5.41, 5.74) is 2.29. The molecule has 0 radical (unpaired) electrons. The highest BCUT2D eigenvalue weighted by molar-refractivity contribution is 7.89. The molecule has 7 heteroatoms. The third kappa shape index (κ3) is 3.77. The van der Waals surface area contributed by atoms with Crippen molar-refractivity contribution in [1.82, 2.24) is 4.72 Å². The van der Waals surface area contributed by atoms with Crippen LogP contribution < -0.4 is 9.62 Å². The molecule has 0 aliphatic carbocycles. The van der Waals surface area contributed by atoms with Crippen LogP contribution in [0.2, 0.25) is 5.02 Å². The molecule has 1 aromatic heterocycles. The second-order valence-electron chi connectivity index (χ2n) is 6.25. The van der Waals surface area contributed by atoms with Gasteiger partial charge in [-0.2, -0.15) is 0 Å². The van der Waals surface area contributed by atoms with Crippen molar-refractivity contribution < 1.29 is 12.8 Å². The van der Waals surface area contributed by atoms with Crippen LogP contribution in [0.5, 0.6) is 0 Å². The van der Waals surface area contributed by atoms with Gasteiger partial charge in [0.1, 0.15) is 5.76 Å². The minimum atomic E-state index is -3.58. The predicted molar refractivity (Wildman–Crippen MR) is 95.1 cm³/mol. The van der Waals surface area contributed by atoms with E-state index in [-0.39, 0.29) is 11.0 Å². The Labute approximate surface area is 147 Å². The number of nitrogens with zero attached hydrogens (tertiary/aromatic N) is 1. The van der Waals surface area contributed by atoms with Crippen molar-refractivity contribution in [3.63, 3.8) is 0 Å². The summed E-state index contributed by atoms with van der Waals surface area (Å²) in [4.78, 5) is 2.26. The number of aryl methyl sites for hydroxylation is 2. The molecule has 5 nitrogen and oxygen atoms in total. The van der Waals surface area contributed by atoms with Crippen molar-refractivity contribution in [2.75, 3.05) is 24.5 Å². The molecule has 1 aliphatic heterocycles. The number of nitrogens with one attached hydrogen (secondary N) is 1. The number of benzene rings is 1. The Bertz CT molecular complexity index is 832. The average Bonchev–Trinajstić information content (AvgIpc) is 3.17. The van der Waals surface area contributed by atoms with Gasteiger partial charge in [-0.15, -0.1) is 0 Å². The maximum absolute atomic E-state index is 12.2. The largest absolute Gasteiger partial charge is 0.449 e. The first-order chi connectivity index (χ1) is 11.3. The normalized spacial score (nSPS) is 18.3. The summed E-state index contributed by atoms with van der Waals surface area (Å²) >= 11 is 6.09. The predicted octanol–water partition coefficient (Wildman–Crippen LogP) is 3.35. The van der Waals surface area contributed by atoms with Crippen LogP contribution in [0.4, 0.5) is 5.69 Å². The molecule has 3 rings (SSSR count). The van der Waals surface area contributed by atoms with E-state index < -0.39 is 10.0 Å². The maximum Gasteiger partial charge on any atom is 0.273 e. The minimum Gasteiger partial charge on any atom is -0.449 e. The molecule has 1 unspecified atom stereocenters. The number of hydrogen-bond acceptors (Lipinski definition) is 4. The minimum absolute atomic E-state index is 0.0273. The first-order valence-corrected chi connectivity index (χ1v) is 9.78. The Balaban J connectivity index is 1.61. The van der Waals surface area contributed by atoms with Gasteiger partial charge in [0, 0.05) is 30.3 Å². The van der Waals surface area contributed by atoms with Crippen molar-refractivity contribution in [2.45, 2.75) is 25.4 Å². The molecule has 1 saturated heterocycles. The quantitative estimate of drug-likeness (QED) is 0.879. The lowest BCUT2D eigenvalue weighted by molar-refractivity contribution is 0.423. The van der Waals surface area contributed by atoms with Crippen molar-refractivity contribution >= 4 is 27.3 Å². The van der Waals surface area contributed by atoms with Crippen LogP contribution in [0.15, 0.2) is 39.8 Å². The van der Waals surface area contributed by atoms with Gasteiger partial charge >= 0.3 is 0 Å². The van der Waals surface area contributed by atoms with Gasteiger partial charge in [0.25, 0.3) is 10.0 Å². The monoisotopic (exact) mass is 368 g/mol. The third-order valence-corrected chi connectivity index (χ3v) is 5.87. The maximum atomic E-state index is 12.2. The molecule has 1 aromatic carbocycles. The molecule has 1 N–H and O–H groups in total. The van der Waals surface area contributed by atoms with Gasteiger partial charge in [-0.1, -0.05) is 17.7 Å². The van der Waals surface area contributed by atoms with E-state index in [1.54, 1.807) is 13.0 Å². The number of rotatable bonds is 5. The lowest BCUT2D eigenvalue weighted by atomic mass is 10.1. The van der Waals surface area contributed by atoms with Crippen LogP contribution in [0.1, 0.15) is 17.7 Å². The Morgan fingerprint density at radius 3 is 2.79 bits per heavy atom. The molecular weight excluding hydrogens is 348 g/mol. The molecular formula is C17H21ClN2O3S. The Morgan fingerprint density at radius 2 is 2.08 bits per heavy atom. The first kappa shape index (κ1) is 17.3. The van der Waals surface area contributed by atoms with Gasteiger partial charge in [0.05, 0.1) is 0 Å². The van der Waals surface area contributed by atoms with Crippen LogP contribution >= 0.6 is 11.6 Å². The highest BCUT2D eigenvalue weighted by Gasteiger charge is 2.26. The van der Waals surface area contributed by atoms with Crippen molar-refractivity contribution in [3.05, 3.63) is 46.7 Å². The van der Waals surface area contributed by atoms with Gasteiger partial charge in [-0.05, 0) is 56.0 Å². The summed E-state index contributed by atoms with van der Waals surface area (Å²) in [5.74, 6) is 0.841. The van der Waals surface area contributed by atoms with E-state index in [0.29, 0.717) is 17.3 Å². The summed E-state index contributed by atoms with van der Waals surface area (Å²) in [6, 6.07) is 8.98.